The zero-order valence-corrected chi connectivity index (χ0v) is 10.3. The molecular weight excluding hydrogens is 235 g/mol. The summed E-state index contributed by atoms with van der Waals surface area (Å²) in [4.78, 5) is 4.96. The van der Waals surface area contributed by atoms with E-state index >= 15 is 0 Å². The molecule has 0 spiro atoms. The number of anilines is 1. The predicted molar refractivity (Wildman–Crippen MR) is 69.3 cm³/mol. The Bertz CT molecular complexity index is 508. The summed E-state index contributed by atoms with van der Waals surface area (Å²) in [5.74, 6) is 0.465. The third kappa shape index (κ3) is 3.46. The molecule has 4 heteroatoms. The van der Waals surface area contributed by atoms with Gasteiger partial charge in [-0.25, -0.2) is 4.39 Å². The smallest absolute Gasteiger partial charge is 0.126 e. The van der Waals surface area contributed by atoms with Crippen molar-refractivity contribution in [3.8, 4) is 0 Å². The molecule has 88 valence electrons. The van der Waals surface area contributed by atoms with Gasteiger partial charge in [0.2, 0.25) is 0 Å². The first-order valence-electron chi connectivity index (χ1n) is 5.23. The molecule has 0 radical (unpaired) electrons. The van der Waals surface area contributed by atoms with Gasteiger partial charge in [-0.1, -0.05) is 6.07 Å². The third-order valence-electron chi connectivity index (χ3n) is 2.23. The maximum absolute atomic E-state index is 13.1. The number of hydrogen-bond acceptors (Lipinski definition) is 3. The van der Waals surface area contributed by atoms with E-state index < -0.39 is 0 Å². The number of pyridine rings is 1. The van der Waals surface area contributed by atoms with Crippen molar-refractivity contribution in [1.82, 2.24) is 4.98 Å². The number of nitrogens with zero attached hydrogens (tertiary/aromatic N) is 1. The van der Waals surface area contributed by atoms with E-state index in [1.807, 2.05) is 19.3 Å². The summed E-state index contributed by atoms with van der Waals surface area (Å²) >= 11 is 1.55. The molecule has 0 amide bonds. The minimum atomic E-state index is -0.296. The third-order valence-corrected chi connectivity index (χ3v) is 3.28. The first-order chi connectivity index (χ1) is 8.13. The molecule has 2 N–H and O–H groups in total. The fourth-order valence-corrected chi connectivity index (χ4v) is 2.44. The van der Waals surface area contributed by atoms with Crippen LogP contribution in [0.2, 0.25) is 0 Å². The average molecular weight is 248 g/mol. The summed E-state index contributed by atoms with van der Waals surface area (Å²) in [6.45, 7) is 2.00. The van der Waals surface area contributed by atoms with Gasteiger partial charge < -0.3 is 5.73 Å². The van der Waals surface area contributed by atoms with Crippen LogP contribution in [0.5, 0.6) is 0 Å². The van der Waals surface area contributed by atoms with E-state index in [0.29, 0.717) is 5.69 Å². The molecule has 1 heterocycles. The van der Waals surface area contributed by atoms with Crippen LogP contribution < -0.4 is 5.73 Å². The molecule has 2 rings (SSSR count). The van der Waals surface area contributed by atoms with E-state index in [9.17, 15) is 4.39 Å². The lowest BCUT2D eigenvalue weighted by atomic mass is 10.2. The second kappa shape index (κ2) is 5.19. The van der Waals surface area contributed by atoms with Gasteiger partial charge in [0.25, 0.3) is 0 Å². The predicted octanol–water partition coefficient (Wildman–Crippen LogP) is 3.40. The van der Waals surface area contributed by atoms with Gasteiger partial charge in [0.1, 0.15) is 5.82 Å². The number of thioether (sulfide) groups is 1. The topological polar surface area (TPSA) is 38.9 Å². The Morgan fingerprint density at radius 3 is 2.76 bits per heavy atom. The second-order valence-corrected chi connectivity index (χ2v) is 4.93. The largest absolute Gasteiger partial charge is 0.399 e. The van der Waals surface area contributed by atoms with Crippen LogP contribution >= 0.6 is 11.8 Å². The van der Waals surface area contributed by atoms with Gasteiger partial charge in [-0.3, -0.25) is 4.98 Å². The molecule has 2 aromatic rings. The first kappa shape index (κ1) is 11.9. The van der Waals surface area contributed by atoms with E-state index in [0.717, 1.165) is 21.8 Å². The van der Waals surface area contributed by atoms with Gasteiger partial charge in [0, 0.05) is 28.7 Å². The van der Waals surface area contributed by atoms with Gasteiger partial charge >= 0.3 is 0 Å². The van der Waals surface area contributed by atoms with E-state index in [1.165, 1.54) is 12.1 Å². The van der Waals surface area contributed by atoms with E-state index in [4.69, 9.17) is 5.73 Å². The number of aromatic nitrogens is 1. The molecule has 1 aromatic carbocycles. The SMILES string of the molecule is Cc1cncc(CSc2cc(N)cc(F)c2)c1. The lowest BCUT2D eigenvalue weighted by Gasteiger charge is -2.04. The van der Waals surface area contributed by atoms with Crippen molar-refractivity contribution in [2.75, 3.05) is 5.73 Å². The van der Waals surface area contributed by atoms with Crippen LogP contribution in [0.25, 0.3) is 0 Å². The Balaban J connectivity index is 2.07. The van der Waals surface area contributed by atoms with Gasteiger partial charge in [-0.05, 0) is 36.2 Å². The molecule has 0 atom stereocenters. The molecule has 0 aliphatic carbocycles. The van der Waals surface area contributed by atoms with E-state index in [1.54, 1.807) is 17.8 Å². The summed E-state index contributed by atoms with van der Waals surface area (Å²) in [6, 6.07) is 6.65. The minimum absolute atomic E-state index is 0.296. The van der Waals surface area contributed by atoms with Crippen LogP contribution in [0.15, 0.2) is 41.6 Å². The Morgan fingerprint density at radius 1 is 1.24 bits per heavy atom. The summed E-state index contributed by atoms with van der Waals surface area (Å²) in [6.07, 6.45) is 3.64. The zero-order chi connectivity index (χ0) is 12.3. The number of halogens is 1. The van der Waals surface area contributed by atoms with Crippen molar-refractivity contribution in [2.24, 2.45) is 0 Å². The maximum atomic E-state index is 13.1. The lowest BCUT2D eigenvalue weighted by Crippen LogP contribution is -1.88. The Hall–Kier alpha value is -1.55. The van der Waals surface area contributed by atoms with Crippen molar-refractivity contribution < 1.29 is 4.39 Å². The molecule has 17 heavy (non-hydrogen) atoms. The fourth-order valence-electron chi connectivity index (χ4n) is 1.53. The molecule has 0 saturated carbocycles. The molecule has 0 aliphatic rings. The highest BCUT2D eigenvalue weighted by Crippen LogP contribution is 2.25. The van der Waals surface area contributed by atoms with Gasteiger partial charge in [0.05, 0.1) is 0 Å². The Labute approximate surface area is 104 Å². The normalized spacial score (nSPS) is 10.5. The summed E-state index contributed by atoms with van der Waals surface area (Å²) in [7, 11) is 0. The highest BCUT2D eigenvalue weighted by molar-refractivity contribution is 7.98. The Kier molecular flexibility index (Phi) is 3.64. The highest BCUT2D eigenvalue weighted by atomic mass is 32.2. The van der Waals surface area contributed by atoms with E-state index in [-0.39, 0.29) is 5.82 Å². The van der Waals surface area contributed by atoms with Crippen molar-refractivity contribution in [2.45, 2.75) is 17.6 Å². The molecule has 0 fully saturated rings. The summed E-state index contributed by atoms with van der Waals surface area (Å²) < 4.78 is 13.1. The molecular formula is C13H13FN2S. The van der Waals surface area contributed by atoms with Crippen LogP contribution in [-0.4, -0.2) is 4.98 Å². The standard InChI is InChI=1S/C13H13FN2S/c1-9-2-10(7-16-6-9)8-17-13-4-11(14)3-12(15)5-13/h2-7H,8,15H2,1H3. The van der Waals surface area contributed by atoms with Gasteiger partial charge in [-0.2, -0.15) is 0 Å². The van der Waals surface area contributed by atoms with Crippen LogP contribution in [0.3, 0.4) is 0 Å². The first-order valence-corrected chi connectivity index (χ1v) is 6.21. The van der Waals surface area contributed by atoms with Crippen LogP contribution in [0, 0.1) is 12.7 Å². The van der Waals surface area contributed by atoms with Crippen molar-refractivity contribution in [3.63, 3.8) is 0 Å². The van der Waals surface area contributed by atoms with Crippen molar-refractivity contribution >= 4 is 17.4 Å². The minimum Gasteiger partial charge on any atom is -0.399 e. The van der Waals surface area contributed by atoms with Crippen LogP contribution in [0.4, 0.5) is 10.1 Å². The van der Waals surface area contributed by atoms with Crippen molar-refractivity contribution in [3.05, 3.63) is 53.6 Å². The number of benzene rings is 1. The number of hydrogen-bond donors (Lipinski definition) is 1. The van der Waals surface area contributed by atoms with Crippen LogP contribution in [-0.2, 0) is 5.75 Å². The average Bonchev–Trinajstić information content (AvgIpc) is 2.25. The lowest BCUT2D eigenvalue weighted by molar-refractivity contribution is 0.625. The molecule has 1 aromatic heterocycles. The molecule has 0 saturated heterocycles. The fraction of sp³-hybridized carbons (Fsp3) is 0.154. The zero-order valence-electron chi connectivity index (χ0n) is 9.48. The quantitative estimate of drug-likeness (QED) is 0.668. The number of rotatable bonds is 3. The monoisotopic (exact) mass is 248 g/mol. The summed E-state index contributed by atoms with van der Waals surface area (Å²) in [5.41, 5.74) is 8.29. The molecule has 0 unspecified atom stereocenters. The highest BCUT2D eigenvalue weighted by Gasteiger charge is 2.01. The Morgan fingerprint density at radius 2 is 2.06 bits per heavy atom. The second-order valence-electron chi connectivity index (χ2n) is 3.88. The molecule has 0 aliphatic heterocycles. The van der Waals surface area contributed by atoms with E-state index in [2.05, 4.69) is 11.1 Å². The van der Waals surface area contributed by atoms with Crippen molar-refractivity contribution in [1.29, 1.82) is 0 Å². The van der Waals surface area contributed by atoms with Gasteiger partial charge in [-0.15, -0.1) is 11.8 Å². The van der Waals surface area contributed by atoms with Gasteiger partial charge in [0.15, 0.2) is 0 Å². The number of aryl methyl sites for hydroxylation is 1. The van der Waals surface area contributed by atoms with Crippen LogP contribution in [0.1, 0.15) is 11.1 Å². The maximum Gasteiger partial charge on any atom is 0.126 e. The summed E-state index contributed by atoms with van der Waals surface area (Å²) in [5, 5.41) is 0. The number of nitrogens with two attached hydrogens (primary N) is 1. The molecule has 0 bridgehead atoms. The molecule has 2 nitrogen and oxygen atoms in total. The number of nitrogen functional groups attached to an aromatic ring is 1.